The molecule has 0 unspecified atom stereocenters. The van der Waals surface area contributed by atoms with Crippen molar-refractivity contribution in [2.24, 2.45) is 0 Å². The molecule has 1 rings (SSSR count). The molecule has 2 heteroatoms. The van der Waals surface area contributed by atoms with Gasteiger partial charge in [0.1, 0.15) is 0 Å². The molecule has 14 heavy (non-hydrogen) atoms. The molecule has 0 aliphatic rings. The molecule has 0 amide bonds. The van der Waals surface area contributed by atoms with E-state index in [0.717, 1.165) is 5.56 Å². The molecule has 0 heterocycles. The average molecular weight is 190 g/mol. The van der Waals surface area contributed by atoms with Crippen LogP contribution in [0.25, 0.3) is 6.08 Å². The summed E-state index contributed by atoms with van der Waals surface area (Å²) in [4.78, 5) is 10.9. The fourth-order valence-electron chi connectivity index (χ4n) is 1.18. The highest BCUT2D eigenvalue weighted by atomic mass is 16.5. The van der Waals surface area contributed by atoms with E-state index in [0.29, 0.717) is 0 Å². The number of carbonyl (C=O) groups excluding carboxylic acids is 1. The molecular formula is C12H14O2. The summed E-state index contributed by atoms with van der Waals surface area (Å²) in [6.45, 7) is 4.08. The number of aryl methyl sites for hydroxylation is 1. The van der Waals surface area contributed by atoms with Crippen LogP contribution in [0.1, 0.15) is 16.7 Å². The zero-order chi connectivity index (χ0) is 10.6. The number of hydrogen-bond donors (Lipinski definition) is 0. The van der Waals surface area contributed by atoms with Crippen LogP contribution in [0, 0.1) is 13.8 Å². The van der Waals surface area contributed by atoms with Crippen LogP contribution in [0.2, 0.25) is 0 Å². The smallest absolute Gasteiger partial charge is 0.330 e. The Morgan fingerprint density at radius 2 is 2.07 bits per heavy atom. The predicted octanol–water partition coefficient (Wildman–Crippen LogP) is 2.49. The summed E-state index contributed by atoms with van der Waals surface area (Å²) in [6, 6.07) is 5.99. The van der Waals surface area contributed by atoms with Crippen molar-refractivity contribution in [1.29, 1.82) is 0 Å². The monoisotopic (exact) mass is 190 g/mol. The first-order chi connectivity index (χ1) is 6.65. The third-order valence-electron chi connectivity index (χ3n) is 2.25. The Labute approximate surface area is 84.2 Å². The maximum absolute atomic E-state index is 10.9. The van der Waals surface area contributed by atoms with E-state index in [1.165, 1.54) is 24.3 Å². The molecule has 0 radical (unpaired) electrons. The van der Waals surface area contributed by atoms with Gasteiger partial charge in [-0.05, 0) is 36.6 Å². The summed E-state index contributed by atoms with van der Waals surface area (Å²) in [5.41, 5.74) is 3.46. The number of ether oxygens (including phenoxy) is 1. The molecule has 0 saturated heterocycles. The Morgan fingerprint density at radius 3 is 2.71 bits per heavy atom. The van der Waals surface area contributed by atoms with Crippen molar-refractivity contribution in [3.05, 3.63) is 41.0 Å². The van der Waals surface area contributed by atoms with Crippen molar-refractivity contribution in [3.8, 4) is 0 Å². The van der Waals surface area contributed by atoms with Gasteiger partial charge in [0.2, 0.25) is 0 Å². The third kappa shape index (κ3) is 2.46. The van der Waals surface area contributed by atoms with Crippen LogP contribution >= 0.6 is 0 Å². The van der Waals surface area contributed by atoms with Crippen molar-refractivity contribution < 1.29 is 9.53 Å². The van der Waals surface area contributed by atoms with Crippen molar-refractivity contribution >= 4 is 12.0 Å². The van der Waals surface area contributed by atoms with Gasteiger partial charge in [-0.3, -0.25) is 0 Å². The van der Waals surface area contributed by atoms with E-state index >= 15 is 0 Å². The first kappa shape index (κ1) is 10.5. The fraction of sp³-hybridized carbons (Fsp3) is 0.250. The van der Waals surface area contributed by atoms with Gasteiger partial charge in [-0.2, -0.15) is 0 Å². The molecule has 0 bridgehead atoms. The molecular weight excluding hydrogens is 176 g/mol. The Hall–Kier alpha value is -1.57. The van der Waals surface area contributed by atoms with E-state index in [1.807, 2.05) is 32.0 Å². The van der Waals surface area contributed by atoms with Crippen molar-refractivity contribution in [2.45, 2.75) is 13.8 Å². The maximum Gasteiger partial charge on any atom is 0.330 e. The fourth-order valence-corrected chi connectivity index (χ4v) is 1.18. The highest BCUT2D eigenvalue weighted by Crippen LogP contribution is 2.13. The molecule has 0 aromatic heterocycles. The van der Waals surface area contributed by atoms with E-state index < -0.39 is 0 Å². The summed E-state index contributed by atoms with van der Waals surface area (Å²) in [5.74, 6) is -0.328. The molecule has 0 saturated carbocycles. The number of esters is 1. The standard InChI is InChI=1S/C12H14O2/c1-9-5-4-6-11(10(9)2)7-8-12(13)14-3/h4-8H,1-3H3. The number of rotatable bonds is 2. The topological polar surface area (TPSA) is 26.3 Å². The zero-order valence-electron chi connectivity index (χ0n) is 8.70. The summed E-state index contributed by atoms with van der Waals surface area (Å²) >= 11 is 0. The first-order valence-electron chi connectivity index (χ1n) is 4.47. The lowest BCUT2D eigenvalue weighted by molar-refractivity contribution is -0.134. The van der Waals surface area contributed by atoms with Gasteiger partial charge in [0, 0.05) is 6.08 Å². The predicted molar refractivity (Wildman–Crippen MR) is 57.0 cm³/mol. The van der Waals surface area contributed by atoms with Gasteiger partial charge < -0.3 is 4.74 Å². The van der Waals surface area contributed by atoms with E-state index in [1.54, 1.807) is 6.08 Å². The second kappa shape index (κ2) is 4.61. The summed E-state index contributed by atoms with van der Waals surface area (Å²) in [5, 5.41) is 0. The number of benzene rings is 1. The van der Waals surface area contributed by atoms with Crippen LogP contribution in [0.4, 0.5) is 0 Å². The van der Waals surface area contributed by atoms with Crippen LogP contribution in [-0.2, 0) is 9.53 Å². The highest BCUT2D eigenvalue weighted by molar-refractivity contribution is 5.87. The van der Waals surface area contributed by atoms with E-state index in [9.17, 15) is 4.79 Å². The van der Waals surface area contributed by atoms with Gasteiger partial charge >= 0.3 is 5.97 Å². The number of methoxy groups -OCH3 is 1. The van der Waals surface area contributed by atoms with Crippen molar-refractivity contribution in [3.63, 3.8) is 0 Å². The highest BCUT2D eigenvalue weighted by Gasteiger charge is 1.97. The van der Waals surface area contributed by atoms with Gasteiger partial charge in [0.25, 0.3) is 0 Å². The second-order valence-electron chi connectivity index (χ2n) is 3.15. The lowest BCUT2D eigenvalue weighted by Gasteiger charge is -2.03. The van der Waals surface area contributed by atoms with Crippen molar-refractivity contribution in [1.82, 2.24) is 0 Å². The molecule has 74 valence electrons. The lowest BCUT2D eigenvalue weighted by atomic mass is 10.0. The Morgan fingerprint density at radius 1 is 1.36 bits per heavy atom. The lowest BCUT2D eigenvalue weighted by Crippen LogP contribution is -1.94. The molecule has 0 N–H and O–H groups in total. The van der Waals surface area contributed by atoms with Gasteiger partial charge in [-0.25, -0.2) is 4.79 Å². The van der Waals surface area contributed by atoms with Gasteiger partial charge in [-0.15, -0.1) is 0 Å². The van der Waals surface area contributed by atoms with Crippen LogP contribution in [-0.4, -0.2) is 13.1 Å². The number of hydrogen-bond acceptors (Lipinski definition) is 2. The molecule has 0 aliphatic heterocycles. The molecule has 0 spiro atoms. The quantitative estimate of drug-likeness (QED) is 0.529. The normalized spacial score (nSPS) is 10.5. The summed E-state index contributed by atoms with van der Waals surface area (Å²) < 4.78 is 4.52. The molecule has 0 fully saturated rings. The Bertz CT molecular complexity index is 365. The maximum atomic E-state index is 10.9. The summed E-state index contributed by atoms with van der Waals surface area (Å²) in [7, 11) is 1.37. The molecule has 1 aromatic rings. The SMILES string of the molecule is COC(=O)C=Cc1cccc(C)c1C. The molecule has 0 atom stereocenters. The van der Waals surface area contributed by atoms with Crippen LogP contribution in [0.15, 0.2) is 24.3 Å². The third-order valence-corrected chi connectivity index (χ3v) is 2.25. The van der Waals surface area contributed by atoms with Gasteiger partial charge in [0.05, 0.1) is 7.11 Å². The number of carbonyl (C=O) groups is 1. The van der Waals surface area contributed by atoms with Crippen LogP contribution < -0.4 is 0 Å². The average Bonchev–Trinajstić information content (AvgIpc) is 2.20. The molecule has 2 nitrogen and oxygen atoms in total. The minimum atomic E-state index is -0.328. The van der Waals surface area contributed by atoms with Gasteiger partial charge in [0.15, 0.2) is 0 Å². The second-order valence-corrected chi connectivity index (χ2v) is 3.15. The van der Waals surface area contributed by atoms with E-state index in [4.69, 9.17) is 0 Å². The summed E-state index contributed by atoms with van der Waals surface area (Å²) in [6.07, 6.45) is 3.20. The minimum Gasteiger partial charge on any atom is -0.466 e. The Balaban J connectivity index is 2.92. The van der Waals surface area contributed by atoms with Crippen LogP contribution in [0.3, 0.4) is 0 Å². The van der Waals surface area contributed by atoms with Gasteiger partial charge in [-0.1, -0.05) is 18.2 Å². The zero-order valence-corrected chi connectivity index (χ0v) is 8.70. The van der Waals surface area contributed by atoms with E-state index in [-0.39, 0.29) is 5.97 Å². The molecule has 1 aromatic carbocycles. The largest absolute Gasteiger partial charge is 0.466 e. The van der Waals surface area contributed by atoms with E-state index in [2.05, 4.69) is 4.74 Å². The molecule has 0 aliphatic carbocycles. The Kier molecular flexibility index (Phi) is 3.46. The first-order valence-corrected chi connectivity index (χ1v) is 4.47. The van der Waals surface area contributed by atoms with Crippen molar-refractivity contribution in [2.75, 3.05) is 7.11 Å². The minimum absolute atomic E-state index is 0.328. The van der Waals surface area contributed by atoms with Crippen LogP contribution in [0.5, 0.6) is 0 Å².